The molecule has 0 aliphatic carbocycles. The average Bonchev–Trinajstić information content (AvgIpc) is 2.31. The fraction of sp³-hybridized carbons (Fsp3) is 0.733. The molecule has 0 saturated carbocycles. The molecule has 0 aliphatic heterocycles. The van der Waals surface area contributed by atoms with Crippen molar-refractivity contribution in [1.82, 2.24) is 0 Å². The molecule has 0 N–H and O–H groups in total. The lowest BCUT2D eigenvalue weighted by Crippen LogP contribution is -1.78. The molecule has 16 heavy (non-hydrogen) atoms. The maximum atomic E-state index is 3.46. The maximum Gasteiger partial charge on any atom is 0.00313 e. The molecule has 0 radical (unpaired) electrons. The first-order valence-corrected chi connectivity index (χ1v) is 7.91. The van der Waals surface area contributed by atoms with Gasteiger partial charge in [-0.3, -0.25) is 0 Å². The van der Waals surface area contributed by atoms with Gasteiger partial charge in [0.15, 0.2) is 0 Å². The van der Waals surface area contributed by atoms with Crippen LogP contribution in [0.5, 0.6) is 0 Å². The number of unbranched alkanes of at least 4 members (excludes halogenated alkanes) is 7. The van der Waals surface area contributed by atoms with E-state index in [2.05, 4.69) is 47.2 Å². The van der Waals surface area contributed by atoms with Gasteiger partial charge in [0.2, 0.25) is 0 Å². The third-order valence-electron chi connectivity index (χ3n) is 2.61. The monoisotopic (exact) mass is 286 g/mol. The van der Waals surface area contributed by atoms with Gasteiger partial charge >= 0.3 is 0 Å². The molecule has 0 spiro atoms. The summed E-state index contributed by atoms with van der Waals surface area (Å²) in [5.74, 6) is 0. The number of alkyl halides is 1. The molecule has 0 heterocycles. The topological polar surface area (TPSA) is 0 Å². The predicted molar refractivity (Wildman–Crippen MR) is 79.3 cm³/mol. The molecule has 94 valence electrons. The fourth-order valence-corrected chi connectivity index (χ4v) is 1.96. The number of rotatable bonds is 11. The van der Waals surface area contributed by atoms with Crippen LogP contribution in [-0.4, -0.2) is 5.33 Å². The van der Waals surface area contributed by atoms with Crippen molar-refractivity contribution in [2.24, 2.45) is 0 Å². The van der Waals surface area contributed by atoms with E-state index in [9.17, 15) is 0 Å². The first-order valence-electron chi connectivity index (χ1n) is 6.79. The molecule has 1 heteroatoms. The molecular weight excluding hydrogens is 260 g/mol. The first kappa shape index (κ1) is 16.0. The number of allylic oxidation sites excluding steroid dienone is 4. The minimum absolute atomic E-state index is 1.16. The average molecular weight is 287 g/mol. The molecule has 0 aromatic heterocycles. The van der Waals surface area contributed by atoms with Crippen molar-refractivity contribution in [3.05, 3.63) is 24.3 Å². The third-order valence-corrected chi connectivity index (χ3v) is 3.17. The van der Waals surface area contributed by atoms with E-state index in [1.165, 1.54) is 57.8 Å². The van der Waals surface area contributed by atoms with E-state index in [0.29, 0.717) is 0 Å². The Labute approximate surface area is 110 Å². The van der Waals surface area contributed by atoms with Crippen molar-refractivity contribution in [1.29, 1.82) is 0 Å². The van der Waals surface area contributed by atoms with Gasteiger partial charge in [-0.05, 0) is 25.7 Å². The van der Waals surface area contributed by atoms with Gasteiger partial charge in [-0.1, -0.05) is 79.3 Å². The second-order valence-corrected chi connectivity index (χ2v) is 5.04. The molecule has 0 aromatic rings. The lowest BCUT2D eigenvalue weighted by Gasteiger charge is -1.96. The summed E-state index contributed by atoms with van der Waals surface area (Å²) in [5, 5.41) is 1.16. The predicted octanol–water partition coefficient (Wildman–Crippen LogP) is 6.02. The van der Waals surface area contributed by atoms with E-state index in [-0.39, 0.29) is 0 Å². The lowest BCUT2D eigenvalue weighted by molar-refractivity contribution is 0.641. The molecule has 0 bridgehead atoms. The Morgan fingerprint density at radius 3 is 1.94 bits per heavy atom. The maximum absolute atomic E-state index is 3.46. The van der Waals surface area contributed by atoms with Crippen LogP contribution in [0.15, 0.2) is 24.3 Å². The molecular formula is C15H27Br. The minimum atomic E-state index is 1.16. The van der Waals surface area contributed by atoms with Crippen LogP contribution in [0.25, 0.3) is 0 Å². The normalized spacial score (nSPS) is 11.9. The zero-order valence-corrected chi connectivity index (χ0v) is 12.3. The molecule has 0 amide bonds. The molecule has 0 aromatic carbocycles. The Kier molecular flexibility index (Phi) is 14.9. The van der Waals surface area contributed by atoms with E-state index in [1.54, 1.807) is 0 Å². The molecule has 0 nitrogen and oxygen atoms in total. The highest BCUT2D eigenvalue weighted by Crippen LogP contribution is 2.06. The smallest absolute Gasteiger partial charge is 0.00313 e. The van der Waals surface area contributed by atoms with Crippen molar-refractivity contribution in [2.75, 3.05) is 5.33 Å². The Morgan fingerprint density at radius 2 is 1.31 bits per heavy atom. The number of halogens is 1. The van der Waals surface area contributed by atoms with Gasteiger partial charge < -0.3 is 0 Å². The second kappa shape index (κ2) is 15.0. The van der Waals surface area contributed by atoms with E-state index < -0.39 is 0 Å². The van der Waals surface area contributed by atoms with Crippen LogP contribution in [0.3, 0.4) is 0 Å². The highest BCUT2D eigenvalue weighted by Gasteiger charge is 1.87. The fourth-order valence-electron chi connectivity index (χ4n) is 1.56. The Morgan fingerprint density at radius 1 is 0.750 bits per heavy atom. The molecule has 0 unspecified atom stereocenters. The summed E-state index contributed by atoms with van der Waals surface area (Å²) in [6.07, 6.45) is 20.9. The Bertz CT molecular complexity index is 170. The summed E-state index contributed by atoms with van der Waals surface area (Å²) in [5.41, 5.74) is 0. The standard InChI is InChI=1S/C15H27Br/c1-2-3-4-5-6-7-8-9-10-11-12-13-14-15-16/h5-8H,2-4,9-15H2,1H3. The van der Waals surface area contributed by atoms with E-state index >= 15 is 0 Å². The van der Waals surface area contributed by atoms with Crippen molar-refractivity contribution < 1.29 is 0 Å². The highest BCUT2D eigenvalue weighted by molar-refractivity contribution is 9.09. The lowest BCUT2D eigenvalue weighted by atomic mass is 10.1. The Hall–Kier alpha value is -0.0400. The highest BCUT2D eigenvalue weighted by atomic mass is 79.9. The van der Waals surface area contributed by atoms with E-state index in [1.807, 2.05) is 0 Å². The van der Waals surface area contributed by atoms with Gasteiger partial charge in [-0.25, -0.2) is 0 Å². The van der Waals surface area contributed by atoms with Crippen LogP contribution < -0.4 is 0 Å². The van der Waals surface area contributed by atoms with Gasteiger partial charge in [-0.15, -0.1) is 0 Å². The summed E-state index contributed by atoms with van der Waals surface area (Å²) >= 11 is 3.46. The Balaban J connectivity index is 3.12. The van der Waals surface area contributed by atoms with Crippen LogP contribution in [0.4, 0.5) is 0 Å². The van der Waals surface area contributed by atoms with Crippen molar-refractivity contribution in [3.8, 4) is 0 Å². The molecule has 0 atom stereocenters. The van der Waals surface area contributed by atoms with Gasteiger partial charge in [0.25, 0.3) is 0 Å². The van der Waals surface area contributed by atoms with Crippen molar-refractivity contribution in [2.45, 2.75) is 64.7 Å². The summed E-state index contributed by atoms with van der Waals surface area (Å²) in [6.45, 7) is 2.24. The molecule has 0 saturated heterocycles. The SMILES string of the molecule is CCCCC=CC=CCCCCCCCBr. The van der Waals surface area contributed by atoms with Crippen molar-refractivity contribution >= 4 is 15.9 Å². The first-order chi connectivity index (χ1) is 7.91. The van der Waals surface area contributed by atoms with E-state index in [4.69, 9.17) is 0 Å². The van der Waals surface area contributed by atoms with Gasteiger partial charge in [0.05, 0.1) is 0 Å². The molecule has 0 fully saturated rings. The summed E-state index contributed by atoms with van der Waals surface area (Å²) in [6, 6.07) is 0. The third kappa shape index (κ3) is 14.0. The number of hydrogen-bond acceptors (Lipinski definition) is 0. The summed E-state index contributed by atoms with van der Waals surface area (Å²) in [4.78, 5) is 0. The van der Waals surface area contributed by atoms with Crippen molar-refractivity contribution in [3.63, 3.8) is 0 Å². The zero-order chi connectivity index (χ0) is 11.9. The largest absolute Gasteiger partial charge is 0.0928 e. The van der Waals surface area contributed by atoms with Crippen LogP contribution in [-0.2, 0) is 0 Å². The van der Waals surface area contributed by atoms with Crippen LogP contribution in [0.2, 0.25) is 0 Å². The summed E-state index contributed by atoms with van der Waals surface area (Å²) < 4.78 is 0. The summed E-state index contributed by atoms with van der Waals surface area (Å²) in [7, 11) is 0. The van der Waals surface area contributed by atoms with Gasteiger partial charge in [0, 0.05) is 5.33 Å². The quantitative estimate of drug-likeness (QED) is 0.247. The van der Waals surface area contributed by atoms with Gasteiger partial charge in [0.1, 0.15) is 0 Å². The minimum Gasteiger partial charge on any atom is -0.0928 e. The zero-order valence-electron chi connectivity index (χ0n) is 10.8. The molecule has 0 rings (SSSR count). The van der Waals surface area contributed by atoms with Crippen LogP contribution in [0, 0.1) is 0 Å². The second-order valence-electron chi connectivity index (χ2n) is 4.24. The molecule has 0 aliphatic rings. The van der Waals surface area contributed by atoms with E-state index in [0.717, 1.165) is 5.33 Å². The van der Waals surface area contributed by atoms with Gasteiger partial charge in [-0.2, -0.15) is 0 Å². The van der Waals surface area contributed by atoms with Crippen LogP contribution in [0.1, 0.15) is 64.7 Å². The van der Waals surface area contributed by atoms with Crippen LogP contribution >= 0.6 is 15.9 Å². The number of hydrogen-bond donors (Lipinski definition) is 0.